The molecule has 3 rings (SSSR count). The van der Waals surface area contributed by atoms with E-state index in [1.807, 2.05) is 27.0 Å². The van der Waals surface area contributed by atoms with Gasteiger partial charge in [-0.2, -0.15) is 5.10 Å². The molecule has 0 aliphatic heterocycles. The van der Waals surface area contributed by atoms with E-state index in [4.69, 9.17) is 4.52 Å². The summed E-state index contributed by atoms with van der Waals surface area (Å²) in [4.78, 5) is 12.6. The largest absolute Gasteiger partial charge is 0.391 e. The topological polar surface area (TPSA) is 93.2 Å². The molecule has 0 radical (unpaired) electrons. The molecule has 1 aliphatic rings. The zero-order valence-electron chi connectivity index (χ0n) is 13.8. The van der Waals surface area contributed by atoms with E-state index >= 15 is 0 Å². The molecule has 0 aromatic carbocycles. The summed E-state index contributed by atoms with van der Waals surface area (Å²) in [7, 11) is 0. The zero-order chi connectivity index (χ0) is 16.7. The van der Waals surface area contributed by atoms with Crippen LogP contribution in [0.15, 0.2) is 16.9 Å². The Morgan fingerprint density at radius 3 is 2.78 bits per heavy atom. The lowest BCUT2D eigenvalue weighted by atomic mass is 9.82. The zero-order valence-corrected chi connectivity index (χ0v) is 13.8. The van der Waals surface area contributed by atoms with Crippen LogP contribution in [0.2, 0.25) is 0 Å². The molecule has 2 aromatic heterocycles. The number of carbonyl (C=O) groups is 1. The maximum Gasteiger partial charge on any atom is 0.257 e. The van der Waals surface area contributed by atoms with Gasteiger partial charge >= 0.3 is 0 Å². The van der Waals surface area contributed by atoms with Crippen LogP contribution in [0.3, 0.4) is 0 Å². The van der Waals surface area contributed by atoms with Crippen LogP contribution in [0.1, 0.15) is 59.6 Å². The number of aryl methyl sites for hydroxylation is 2. The van der Waals surface area contributed by atoms with Crippen LogP contribution in [0, 0.1) is 13.8 Å². The fraction of sp³-hybridized carbons (Fsp3) is 0.562. The summed E-state index contributed by atoms with van der Waals surface area (Å²) in [6, 6.07) is -0.401. The normalized spacial score (nSPS) is 23.8. The molecule has 1 aliphatic carbocycles. The van der Waals surface area contributed by atoms with Crippen molar-refractivity contribution in [3.63, 3.8) is 0 Å². The number of rotatable bonds is 4. The Hall–Kier alpha value is -2.15. The van der Waals surface area contributed by atoms with Crippen molar-refractivity contribution in [1.29, 1.82) is 0 Å². The van der Waals surface area contributed by atoms with E-state index in [-0.39, 0.29) is 23.9 Å². The minimum absolute atomic E-state index is 0.0773. The van der Waals surface area contributed by atoms with Gasteiger partial charge in [-0.05, 0) is 25.8 Å². The van der Waals surface area contributed by atoms with Gasteiger partial charge in [0.1, 0.15) is 5.56 Å². The van der Waals surface area contributed by atoms with Gasteiger partial charge in [-0.25, -0.2) is 0 Å². The minimum atomic E-state index is -0.507. The molecule has 7 nitrogen and oxygen atoms in total. The number of amides is 1. The molecular formula is C16H22N4O3. The average Bonchev–Trinajstić information content (AvgIpc) is 3.04. The Morgan fingerprint density at radius 2 is 2.22 bits per heavy atom. The van der Waals surface area contributed by atoms with E-state index in [9.17, 15) is 9.90 Å². The highest BCUT2D eigenvalue weighted by atomic mass is 16.5. The fourth-order valence-electron chi connectivity index (χ4n) is 3.01. The number of hydrogen-bond donors (Lipinski definition) is 2. The number of aliphatic hydroxyl groups excluding tert-OH is 1. The van der Waals surface area contributed by atoms with Crippen molar-refractivity contribution in [3.05, 3.63) is 35.0 Å². The number of aromatic nitrogens is 3. The average molecular weight is 318 g/mol. The first-order valence-electron chi connectivity index (χ1n) is 7.84. The van der Waals surface area contributed by atoms with E-state index in [2.05, 4.69) is 15.6 Å². The third-order valence-corrected chi connectivity index (χ3v) is 4.30. The number of aliphatic hydroxyl groups is 1. The molecular weight excluding hydrogens is 296 g/mol. The predicted octanol–water partition coefficient (Wildman–Crippen LogP) is 1.72. The molecule has 2 heterocycles. The van der Waals surface area contributed by atoms with Crippen molar-refractivity contribution in [1.82, 2.24) is 20.3 Å². The molecule has 3 atom stereocenters. The van der Waals surface area contributed by atoms with Gasteiger partial charge in [0.05, 0.1) is 30.1 Å². The molecule has 0 bridgehead atoms. The van der Waals surface area contributed by atoms with E-state index in [0.29, 0.717) is 23.4 Å². The molecule has 0 spiro atoms. The number of hydrogen-bond acceptors (Lipinski definition) is 5. The second-order valence-electron chi connectivity index (χ2n) is 6.53. The molecule has 1 amide bonds. The molecule has 1 fully saturated rings. The van der Waals surface area contributed by atoms with Gasteiger partial charge in [0.25, 0.3) is 5.91 Å². The summed E-state index contributed by atoms with van der Waals surface area (Å²) < 4.78 is 6.99. The van der Waals surface area contributed by atoms with Gasteiger partial charge in [-0.15, -0.1) is 0 Å². The first-order valence-corrected chi connectivity index (χ1v) is 7.84. The van der Waals surface area contributed by atoms with E-state index in [1.165, 1.54) is 0 Å². The van der Waals surface area contributed by atoms with Crippen molar-refractivity contribution in [2.75, 3.05) is 0 Å². The molecule has 2 N–H and O–H groups in total. The Kier molecular flexibility index (Phi) is 3.97. The Labute approximate surface area is 134 Å². The Bertz CT molecular complexity index is 719. The lowest BCUT2D eigenvalue weighted by molar-refractivity contribution is -0.00593. The molecule has 7 heteroatoms. The van der Waals surface area contributed by atoms with Crippen molar-refractivity contribution >= 4 is 5.91 Å². The molecule has 1 saturated carbocycles. The van der Waals surface area contributed by atoms with Crippen LogP contribution in [0.25, 0.3) is 0 Å². The van der Waals surface area contributed by atoms with Crippen LogP contribution in [-0.2, 0) is 0 Å². The maximum absolute atomic E-state index is 12.6. The Balaban J connectivity index is 1.77. The standard InChI is InChI=1S/C16H22N4O3/c1-8(2)15-13(10(4)19-23-15)16(22)18-11-5-12(21)14(11)20-7-9(3)6-17-20/h6-8,11-12,14,21H,5H2,1-4H3,(H,18,22)/t11-,12+,14+/m0/s1. The van der Waals surface area contributed by atoms with Gasteiger partial charge < -0.3 is 14.9 Å². The number of nitrogens with one attached hydrogen (secondary N) is 1. The SMILES string of the molecule is Cc1cnn([C@H]2[C@H](O)C[C@@H]2NC(=O)c2c(C)noc2C(C)C)c1. The lowest BCUT2D eigenvalue weighted by Gasteiger charge is -2.41. The second-order valence-corrected chi connectivity index (χ2v) is 6.53. The van der Waals surface area contributed by atoms with Gasteiger partial charge in [-0.3, -0.25) is 9.48 Å². The molecule has 124 valence electrons. The third-order valence-electron chi connectivity index (χ3n) is 4.30. The first kappa shape index (κ1) is 15.7. The van der Waals surface area contributed by atoms with Crippen LogP contribution >= 0.6 is 0 Å². The maximum atomic E-state index is 12.6. The van der Waals surface area contributed by atoms with Crippen molar-refractivity contribution in [2.24, 2.45) is 0 Å². The lowest BCUT2D eigenvalue weighted by Crippen LogP contribution is -2.56. The van der Waals surface area contributed by atoms with E-state index in [0.717, 1.165) is 5.56 Å². The highest BCUT2D eigenvalue weighted by Crippen LogP contribution is 2.33. The number of nitrogens with zero attached hydrogens (tertiary/aromatic N) is 3. The molecule has 0 saturated heterocycles. The summed E-state index contributed by atoms with van der Waals surface area (Å²) in [6.07, 6.45) is 3.62. The highest BCUT2D eigenvalue weighted by Gasteiger charge is 2.43. The Morgan fingerprint density at radius 1 is 1.48 bits per heavy atom. The highest BCUT2D eigenvalue weighted by molar-refractivity contribution is 5.96. The van der Waals surface area contributed by atoms with Crippen LogP contribution in [-0.4, -0.2) is 38.1 Å². The third kappa shape index (κ3) is 2.76. The van der Waals surface area contributed by atoms with E-state index < -0.39 is 6.10 Å². The minimum Gasteiger partial charge on any atom is -0.391 e. The van der Waals surface area contributed by atoms with Crippen molar-refractivity contribution in [3.8, 4) is 0 Å². The summed E-state index contributed by atoms with van der Waals surface area (Å²) in [5.41, 5.74) is 2.10. The summed E-state index contributed by atoms with van der Waals surface area (Å²) in [5.74, 6) is 0.457. The summed E-state index contributed by atoms with van der Waals surface area (Å²) >= 11 is 0. The van der Waals surface area contributed by atoms with Gasteiger partial charge in [0.15, 0.2) is 5.76 Å². The van der Waals surface area contributed by atoms with Gasteiger partial charge in [-0.1, -0.05) is 19.0 Å². The summed E-state index contributed by atoms with van der Waals surface area (Å²) in [6.45, 7) is 7.62. The molecule has 23 heavy (non-hydrogen) atoms. The smallest absolute Gasteiger partial charge is 0.257 e. The van der Waals surface area contributed by atoms with Gasteiger partial charge in [0.2, 0.25) is 0 Å². The summed E-state index contributed by atoms with van der Waals surface area (Å²) in [5, 5.41) is 21.2. The van der Waals surface area contributed by atoms with Crippen molar-refractivity contribution < 1.29 is 14.4 Å². The predicted molar refractivity (Wildman–Crippen MR) is 83.2 cm³/mol. The van der Waals surface area contributed by atoms with Gasteiger partial charge in [0, 0.05) is 12.1 Å². The molecule has 2 aromatic rings. The van der Waals surface area contributed by atoms with Crippen LogP contribution in [0.5, 0.6) is 0 Å². The second kappa shape index (κ2) is 5.81. The van der Waals surface area contributed by atoms with E-state index in [1.54, 1.807) is 17.8 Å². The molecule has 0 unspecified atom stereocenters. The first-order chi connectivity index (χ1) is 10.9. The van der Waals surface area contributed by atoms with Crippen LogP contribution in [0.4, 0.5) is 0 Å². The fourth-order valence-corrected chi connectivity index (χ4v) is 3.01. The van der Waals surface area contributed by atoms with Crippen molar-refractivity contribution in [2.45, 2.75) is 58.2 Å². The number of carbonyl (C=O) groups excluding carboxylic acids is 1. The quantitative estimate of drug-likeness (QED) is 0.895. The monoisotopic (exact) mass is 318 g/mol. The van der Waals surface area contributed by atoms with Crippen LogP contribution < -0.4 is 5.32 Å².